The number of sulfonamides is 1. The van der Waals surface area contributed by atoms with Crippen molar-refractivity contribution < 1.29 is 13.2 Å². The fourth-order valence-corrected chi connectivity index (χ4v) is 4.17. The molecule has 0 aromatic heterocycles. The van der Waals surface area contributed by atoms with E-state index in [0.29, 0.717) is 24.8 Å². The van der Waals surface area contributed by atoms with Crippen LogP contribution in [0.4, 0.5) is 0 Å². The molecule has 1 amide bonds. The predicted octanol–water partition coefficient (Wildman–Crippen LogP) is 2.56. The fraction of sp³-hybridized carbons (Fsp3) is 0.611. The SMILES string of the molecule is CNS(=O)(=O)c1ccc(CCC(=O)N(C)C2CCCCC2C)cc1. The highest BCUT2D eigenvalue weighted by molar-refractivity contribution is 7.89. The van der Waals surface area contributed by atoms with Gasteiger partial charge in [0.25, 0.3) is 0 Å². The second-order valence-electron chi connectivity index (χ2n) is 6.69. The van der Waals surface area contributed by atoms with Crippen molar-refractivity contribution in [2.75, 3.05) is 14.1 Å². The monoisotopic (exact) mass is 352 g/mol. The van der Waals surface area contributed by atoms with Gasteiger partial charge in [-0.05, 0) is 49.9 Å². The van der Waals surface area contributed by atoms with Crippen molar-refractivity contribution in [3.8, 4) is 0 Å². The maximum absolute atomic E-state index is 12.5. The van der Waals surface area contributed by atoms with Crippen LogP contribution in [0.5, 0.6) is 0 Å². The van der Waals surface area contributed by atoms with E-state index in [4.69, 9.17) is 0 Å². The number of carbonyl (C=O) groups is 1. The molecule has 5 nitrogen and oxygen atoms in total. The number of hydrogen-bond acceptors (Lipinski definition) is 3. The molecule has 134 valence electrons. The minimum Gasteiger partial charge on any atom is -0.343 e. The lowest BCUT2D eigenvalue weighted by Crippen LogP contribution is -2.42. The lowest BCUT2D eigenvalue weighted by Gasteiger charge is -2.36. The summed E-state index contributed by atoms with van der Waals surface area (Å²) < 4.78 is 25.7. The van der Waals surface area contributed by atoms with Crippen molar-refractivity contribution in [2.45, 2.75) is 56.4 Å². The molecule has 2 atom stereocenters. The zero-order valence-corrected chi connectivity index (χ0v) is 15.6. The smallest absolute Gasteiger partial charge is 0.240 e. The fourth-order valence-electron chi connectivity index (χ4n) is 3.44. The van der Waals surface area contributed by atoms with Crippen LogP contribution in [0.15, 0.2) is 29.2 Å². The first kappa shape index (κ1) is 18.9. The molecule has 1 saturated carbocycles. The van der Waals surface area contributed by atoms with Crippen molar-refractivity contribution in [2.24, 2.45) is 5.92 Å². The van der Waals surface area contributed by atoms with Crippen LogP contribution < -0.4 is 4.72 Å². The van der Waals surface area contributed by atoms with Gasteiger partial charge in [-0.25, -0.2) is 13.1 Å². The van der Waals surface area contributed by atoms with Crippen LogP contribution in [0, 0.1) is 5.92 Å². The van der Waals surface area contributed by atoms with E-state index in [9.17, 15) is 13.2 Å². The quantitative estimate of drug-likeness (QED) is 0.856. The summed E-state index contributed by atoms with van der Waals surface area (Å²) in [6, 6.07) is 7.08. The Morgan fingerprint density at radius 3 is 2.42 bits per heavy atom. The Hall–Kier alpha value is -1.40. The normalized spacial score (nSPS) is 21.5. The Morgan fingerprint density at radius 2 is 1.83 bits per heavy atom. The Bertz CT molecular complexity index is 655. The van der Waals surface area contributed by atoms with E-state index in [2.05, 4.69) is 11.6 Å². The van der Waals surface area contributed by atoms with Crippen molar-refractivity contribution in [3.63, 3.8) is 0 Å². The third kappa shape index (κ3) is 4.57. The number of rotatable bonds is 6. The molecule has 0 aliphatic heterocycles. The highest BCUT2D eigenvalue weighted by Crippen LogP contribution is 2.27. The zero-order valence-electron chi connectivity index (χ0n) is 14.8. The molecule has 0 heterocycles. The number of aryl methyl sites for hydroxylation is 1. The summed E-state index contributed by atoms with van der Waals surface area (Å²) in [5, 5.41) is 0. The van der Waals surface area contributed by atoms with Gasteiger partial charge in [-0.2, -0.15) is 0 Å². The third-order valence-electron chi connectivity index (χ3n) is 5.09. The first-order valence-electron chi connectivity index (χ1n) is 8.63. The minimum absolute atomic E-state index is 0.167. The van der Waals surface area contributed by atoms with Crippen molar-refractivity contribution >= 4 is 15.9 Å². The van der Waals surface area contributed by atoms with E-state index >= 15 is 0 Å². The van der Waals surface area contributed by atoms with Gasteiger partial charge in [0.2, 0.25) is 15.9 Å². The number of nitrogens with one attached hydrogen (secondary N) is 1. The number of hydrogen-bond donors (Lipinski definition) is 1. The minimum atomic E-state index is -3.41. The molecule has 1 aromatic rings. The summed E-state index contributed by atoms with van der Waals surface area (Å²) in [5.41, 5.74) is 0.975. The summed E-state index contributed by atoms with van der Waals surface area (Å²) in [4.78, 5) is 14.6. The van der Waals surface area contributed by atoms with Crippen molar-refractivity contribution in [1.82, 2.24) is 9.62 Å². The molecule has 1 N–H and O–H groups in total. The number of carbonyl (C=O) groups excluding carboxylic acids is 1. The van der Waals surface area contributed by atoms with Gasteiger partial charge in [0.15, 0.2) is 0 Å². The molecule has 1 aromatic carbocycles. The first-order chi connectivity index (χ1) is 11.3. The Morgan fingerprint density at radius 1 is 1.21 bits per heavy atom. The first-order valence-corrected chi connectivity index (χ1v) is 10.1. The summed E-state index contributed by atoms with van der Waals surface area (Å²) in [6.07, 6.45) is 5.85. The molecule has 0 saturated heterocycles. The van der Waals surface area contributed by atoms with E-state index in [1.165, 1.54) is 26.3 Å². The van der Waals surface area contributed by atoms with Gasteiger partial charge in [0.05, 0.1) is 4.90 Å². The maximum atomic E-state index is 12.5. The van der Waals surface area contributed by atoms with Crippen LogP contribution in [-0.4, -0.2) is 39.4 Å². The van der Waals surface area contributed by atoms with Gasteiger partial charge < -0.3 is 4.90 Å². The molecule has 0 spiro atoms. The lowest BCUT2D eigenvalue weighted by atomic mass is 9.85. The largest absolute Gasteiger partial charge is 0.343 e. The van der Waals surface area contributed by atoms with Crippen LogP contribution in [0.25, 0.3) is 0 Å². The topological polar surface area (TPSA) is 66.5 Å². The Labute approximate surface area is 145 Å². The van der Waals surface area contributed by atoms with Gasteiger partial charge in [-0.3, -0.25) is 4.79 Å². The summed E-state index contributed by atoms with van der Waals surface area (Å²) in [5.74, 6) is 0.736. The van der Waals surface area contributed by atoms with E-state index in [0.717, 1.165) is 12.0 Å². The van der Waals surface area contributed by atoms with E-state index in [1.54, 1.807) is 24.3 Å². The van der Waals surface area contributed by atoms with Gasteiger partial charge in [0.1, 0.15) is 0 Å². The average molecular weight is 353 g/mol. The van der Waals surface area contributed by atoms with Gasteiger partial charge in [-0.1, -0.05) is 31.9 Å². The molecule has 0 bridgehead atoms. The summed E-state index contributed by atoms with van der Waals surface area (Å²) >= 11 is 0. The second kappa shape index (κ2) is 8.12. The van der Waals surface area contributed by atoms with Crippen molar-refractivity contribution in [3.05, 3.63) is 29.8 Å². The Balaban J connectivity index is 1.91. The molecule has 24 heavy (non-hydrogen) atoms. The van der Waals surface area contributed by atoms with Crippen LogP contribution in [0.3, 0.4) is 0 Å². The van der Waals surface area contributed by atoms with E-state index < -0.39 is 10.0 Å². The predicted molar refractivity (Wildman–Crippen MR) is 95.2 cm³/mol. The molecule has 1 aliphatic carbocycles. The van der Waals surface area contributed by atoms with Gasteiger partial charge >= 0.3 is 0 Å². The molecular weight excluding hydrogens is 324 g/mol. The number of nitrogens with zero attached hydrogens (tertiary/aromatic N) is 1. The van der Waals surface area contributed by atoms with Gasteiger partial charge in [-0.15, -0.1) is 0 Å². The highest BCUT2D eigenvalue weighted by Gasteiger charge is 2.27. The number of amides is 1. The van der Waals surface area contributed by atoms with Crippen LogP contribution >= 0.6 is 0 Å². The molecule has 2 rings (SSSR count). The second-order valence-corrected chi connectivity index (χ2v) is 8.57. The molecule has 1 aliphatic rings. The highest BCUT2D eigenvalue weighted by atomic mass is 32.2. The summed E-state index contributed by atoms with van der Waals surface area (Å²) in [6.45, 7) is 2.23. The Kier molecular flexibility index (Phi) is 6.40. The van der Waals surface area contributed by atoms with Crippen LogP contribution in [0.1, 0.15) is 44.6 Å². The zero-order chi connectivity index (χ0) is 17.7. The molecule has 2 unspecified atom stereocenters. The van der Waals surface area contributed by atoms with Crippen molar-refractivity contribution in [1.29, 1.82) is 0 Å². The van der Waals surface area contributed by atoms with E-state index in [1.807, 2.05) is 11.9 Å². The standard InChI is InChI=1S/C18H28N2O3S/c1-14-6-4-5-7-17(14)20(3)18(21)13-10-15-8-11-16(12-9-15)24(22,23)19-2/h8-9,11-12,14,17,19H,4-7,10,13H2,1-3H3. The molecule has 1 fully saturated rings. The third-order valence-corrected chi connectivity index (χ3v) is 6.52. The molecule has 0 radical (unpaired) electrons. The van der Waals surface area contributed by atoms with Gasteiger partial charge in [0, 0.05) is 19.5 Å². The summed E-state index contributed by atoms with van der Waals surface area (Å²) in [7, 11) is -0.0985. The van der Waals surface area contributed by atoms with Crippen LogP contribution in [0.2, 0.25) is 0 Å². The van der Waals surface area contributed by atoms with E-state index in [-0.39, 0.29) is 10.8 Å². The number of benzene rings is 1. The maximum Gasteiger partial charge on any atom is 0.240 e. The average Bonchev–Trinajstić information content (AvgIpc) is 2.60. The van der Waals surface area contributed by atoms with Crippen LogP contribution in [-0.2, 0) is 21.2 Å². The molecule has 6 heteroatoms. The lowest BCUT2D eigenvalue weighted by molar-refractivity contribution is -0.133. The molecular formula is C18H28N2O3S.